The van der Waals surface area contributed by atoms with Crippen molar-refractivity contribution in [3.63, 3.8) is 0 Å². The van der Waals surface area contributed by atoms with Crippen LogP contribution in [0, 0.1) is 6.92 Å². The van der Waals surface area contributed by atoms with Gasteiger partial charge in [0.25, 0.3) is 0 Å². The summed E-state index contributed by atoms with van der Waals surface area (Å²) in [7, 11) is 1.25. The lowest BCUT2D eigenvalue weighted by atomic mass is 9.95. The zero-order valence-corrected chi connectivity index (χ0v) is 19.8. The molecule has 32 heavy (non-hydrogen) atoms. The zero-order valence-electron chi connectivity index (χ0n) is 19.0. The van der Waals surface area contributed by atoms with E-state index in [0.717, 1.165) is 16.9 Å². The molecule has 8 nitrogen and oxygen atoms in total. The summed E-state index contributed by atoms with van der Waals surface area (Å²) in [6.45, 7) is 8.94. The van der Waals surface area contributed by atoms with Crippen LogP contribution in [0.15, 0.2) is 18.2 Å². The van der Waals surface area contributed by atoms with Crippen LogP contribution >= 0.6 is 11.3 Å². The number of ether oxygens (including phenoxy) is 4. The molecule has 0 bridgehead atoms. The lowest BCUT2D eigenvalue weighted by Crippen LogP contribution is -2.23. The summed E-state index contributed by atoms with van der Waals surface area (Å²) in [6, 6.07) is 5.36. The standard InChI is InChI=1S/C23H27NO7S/c1-7-14(13-8-9-15-16(10-13)30-11-29-15)19(25)24-20-17(21(26)28-6)12(2)18(32-20)22(27)31-23(3,4)5/h8-10,14H,7,11H2,1-6H3,(H,24,25). The van der Waals surface area contributed by atoms with Crippen LogP contribution in [0.25, 0.3) is 0 Å². The molecule has 1 aromatic carbocycles. The molecule has 3 rings (SSSR count). The molecule has 0 saturated heterocycles. The van der Waals surface area contributed by atoms with Crippen molar-refractivity contribution in [2.75, 3.05) is 19.2 Å². The van der Waals surface area contributed by atoms with Crippen molar-refractivity contribution >= 4 is 34.2 Å². The Morgan fingerprint density at radius 1 is 1.16 bits per heavy atom. The normalized spacial score (nSPS) is 13.4. The number of hydrogen-bond acceptors (Lipinski definition) is 8. The van der Waals surface area contributed by atoms with Gasteiger partial charge in [-0.25, -0.2) is 9.59 Å². The molecular weight excluding hydrogens is 434 g/mol. The molecule has 1 atom stereocenters. The van der Waals surface area contributed by atoms with Crippen molar-refractivity contribution in [3.8, 4) is 11.5 Å². The smallest absolute Gasteiger partial charge is 0.349 e. The number of hydrogen-bond donors (Lipinski definition) is 1. The Kier molecular flexibility index (Phi) is 6.78. The van der Waals surface area contributed by atoms with Crippen molar-refractivity contribution in [2.45, 2.75) is 52.6 Å². The molecule has 0 aliphatic carbocycles. The number of nitrogens with one attached hydrogen (secondary N) is 1. The van der Waals surface area contributed by atoms with Gasteiger partial charge in [0.05, 0.1) is 18.6 Å². The first-order valence-corrected chi connectivity index (χ1v) is 11.0. The Balaban J connectivity index is 1.92. The number of amides is 1. The van der Waals surface area contributed by atoms with Gasteiger partial charge in [-0.2, -0.15) is 0 Å². The van der Waals surface area contributed by atoms with E-state index in [9.17, 15) is 14.4 Å². The van der Waals surface area contributed by atoms with Crippen LogP contribution in [-0.2, 0) is 14.3 Å². The number of thiophene rings is 1. The molecule has 0 spiro atoms. The molecule has 2 aromatic rings. The second-order valence-corrected chi connectivity index (χ2v) is 9.34. The number of esters is 2. The first kappa shape index (κ1) is 23.6. The van der Waals surface area contributed by atoms with Gasteiger partial charge in [0.1, 0.15) is 15.5 Å². The molecule has 1 unspecified atom stereocenters. The molecule has 1 amide bonds. The number of anilines is 1. The molecule has 0 fully saturated rings. The van der Waals surface area contributed by atoms with Crippen molar-refractivity contribution in [1.82, 2.24) is 0 Å². The van der Waals surface area contributed by atoms with E-state index in [2.05, 4.69) is 5.32 Å². The van der Waals surface area contributed by atoms with Gasteiger partial charge in [-0.05, 0) is 57.4 Å². The fraction of sp³-hybridized carbons (Fsp3) is 0.435. The minimum atomic E-state index is -0.699. The third-order valence-corrected chi connectivity index (χ3v) is 6.07. The van der Waals surface area contributed by atoms with Gasteiger partial charge in [-0.1, -0.05) is 13.0 Å². The topological polar surface area (TPSA) is 100 Å². The van der Waals surface area contributed by atoms with E-state index in [4.69, 9.17) is 18.9 Å². The molecule has 1 aliphatic heterocycles. The maximum absolute atomic E-state index is 13.2. The van der Waals surface area contributed by atoms with Gasteiger partial charge >= 0.3 is 11.9 Å². The van der Waals surface area contributed by atoms with Crippen molar-refractivity contribution in [2.24, 2.45) is 0 Å². The minimum Gasteiger partial charge on any atom is -0.465 e. The highest BCUT2D eigenvalue weighted by Crippen LogP contribution is 2.38. The number of fused-ring (bicyclic) bond motifs is 1. The monoisotopic (exact) mass is 461 g/mol. The quantitative estimate of drug-likeness (QED) is 0.625. The maximum Gasteiger partial charge on any atom is 0.349 e. The number of carbonyl (C=O) groups is 3. The van der Waals surface area contributed by atoms with Crippen LogP contribution in [0.4, 0.5) is 5.00 Å². The van der Waals surface area contributed by atoms with E-state index in [1.54, 1.807) is 39.8 Å². The van der Waals surface area contributed by atoms with Crippen LogP contribution in [0.2, 0.25) is 0 Å². The van der Waals surface area contributed by atoms with Gasteiger partial charge in [-0.3, -0.25) is 4.79 Å². The zero-order chi connectivity index (χ0) is 23.6. The number of benzene rings is 1. The van der Waals surface area contributed by atoms with E-state index in [1.807, 2.05) is 13.0 Å². The lowest BCUT2D eigenvalue weighted by molar-refractivity contribution is -0.117. The highest BCUT2D eigenvalue weighted by molar-refractivity contribution is 7.18. The highest BCUT2D eigenvalue weighted by atomic mass is 32.1. The van der Waals surface area contributed by atoms with Gasteiger partial charge in [0, 0.05) is 0 Å². The molecule has 1 aliphatic rings. The minimum absolute atomic E-state index is 0.145. The van der Waals surface area contributed by atoms with Gasteiger partial charge < -0.3 is 24.3 Å². The Morgan fingerprint density at radius 2 is 1.84 bits per heavy atom. The summed E-state index contributed by atoms with van der Waals surface area (Å²) in [5.74, 6) is -0.791. The number of carbonyl (C=O) groups excluding carboxylic acids is 3. The number of rotatable bonds is 6. The molecule has 0 saturated carbocycles. The Morgan fingerprint density at radius 3 is 2.47 bits per heavy atom. The van der Waals surface area contributed by atoms with E-state index >= 15 is 0 Å². The fourth-order valence-electron chi connectivity index (χ4n) is 3.37. The highest BCUT2D eigenvalue weighted by Gasteiger charge is 2.30. The van der Waals surface area contributed by atoms with E-state index in [-0.39, 0.29) is 28.1 Å². The van der Waals surface area contributed by atoms with Crippen molar-refractivity contribution in [3.05, 3.63) is 39.8 Å². The van der Waals surface area contributed by atoms with Gasteiger partial charge in [0.15, 0.2) is 11.5 Å². The SMILES string of the molecule is CCC(C(=O)Nc1sc(C(=O)OC(C)(C)C)c(C)c1C(=O)OC)c1ccc2c(c1)OCO2. The summed E-state index contributed by atoms with van der Waals surface area (Å²) < 4.78 is 21.1. The largest absolute Gasteiger partial charge is 0.465 e. The van der Waals surface area contributed by atoms with Gasteiger partial charge in [0.2, 0.25) is 12.7 Å². The van der Waals surface area contributed by atoms with Crippen LogP contribution in [0.5, 0.6) is 11.5 Å². The Bertz CT molecular complexity index is 1050. The van der Waals surface area contributed by atoms with Crippen LogP contribution in [0.1, 0.15) is 71.2 Å². The maximum atomic E-state index is 13.2. The van der Waals surface area contributed by atoms with E-state index in [1.165, 1.54) is 7.11 Å². The molecule has 0 radical (unpaired) electrons. The Hall–Kier alpha value is -3.07. The average Bonchev–Trinajstić information content (AvgIpc) is 3.30. The fourth-order valence-corrected chi connectivity index (χ4v) is 4.44. The third kappa shape index (κ3) is 4.88. The lowest BCUT2D eigenvalue weighted by Gasteiger charge is -2.19. The predicted octanol–water partition coefficient (Wildman–Crippen LogP) is 4.66. The Labute approximate surface area is 190 Å². The second-order valence-electron chi connectivity index (χ2n) is 8.32. The van der Waals surface area contributed by atoms with Crippen molar-refractivity contribution in [1.29, 1.82) is 0 Å². The third-order valence-electron chi connectivity index (χ3n) is 4.88. The van der Waals surface area contributed by atoms with Crippen molar-refractivity contribution < 1.29 is 33.3 Å². The molecular formula is C23H27NO7S. The summed E-state index contributed by atoms with van der Waals surface area (Å²) in [6.07, 6.45) is 0.516. The summed E-state index contributed by atoms with van der Waals surface area (Å²) in [5.41, 5.74) is 0.610. The summed E-state index contributed by atoms with van der Waals surface area (Å²) in [4.78, 5) is 38.5. The summed E-state index contributed by atoms with van der Waals surface area (Å²) in [5, 5.41) is 3.07. The molecule has 1 N–H and O–H groups in total. The first-order chi connectivity index (χ1) is 15.1. The number of methoxy groups -OCH3 is 1. The summed E-state index contributed by atoms with van der Waals surface area (Å²) >= 11 is 0.998. The first-order valence-electron chi connectivity index (χ1n) is 10.2. The molecule has 172 valence electrons. The van der Waals surface area contributed by atoms with Crippen LogP contribution < -0.4 is 14.8 Å². The second kappa shape index (κ2) is 9.20. The van der Waals surface area contributed by atoms with Crippen LogP contribution in [0.3, 0.4) is 0 Å². The van der Waals surface area contributed by atoms with Gasteiger partial charge in [-0.15, -0.1) is 11.3 Å². The van der Waals surface area contributed by atoms with E-state index < -0.39 is 23.5 Å². The molecule has 9 heteroatoms. The molecule has 2 heterocycles. The predicted molar refractivity (Wildman–Crippen MR) is 120 cm³/mol. The van der Waals surface area contributed by atoms with E-state index in [0.29, 0.717) is 23.5 Å². The van der Waals surface area contributed by atoms with Crippen LogP contribution in [-0.4, -0.2) is 37.3 Å². The molecule has 1 aromatic heterocycles. The average molecular weight is 462 g/mol.